The first kappa shape index (κ1) is 22.1. The quantitative estimate of drug-likeness (QED) is 0.244. The third-order valence-corrected chi connectivity index (χ3v) is 4.16. The summed E-state index contributed by atoms with van der Waals surface area (Å²) < 4.78 is 9.95. The summed E-state index contributed by atoms with van der Waals surface area (Å²) in [6.07, 6.45) is 1.30. The fourth-order valence-corrected chi connectivity index (χ4v) is 2.48. The van der Waals surface area contributed by atoms with Crippen LogP contribution in [0.2, 0.25) is 0 Å². The van der Waals surface area contributed by atoms with Crippen molar-refractivity contribution in [1.29, 1.82) is 5.26 Å². The lowest BCUT2D eigenvalue weighted by atomic mass is 10.1. The summed E-state index contributed by atoms with van der Waals surface area (Å²) in [5.41, 5.74) is 1.41. The molecule has 0 bridgehead atoms. The van der Waals surface area contributed by atoms with Crippen LogP contribution in [0.3, 0.4) is 0 Å². The van der Waals surface area contributed by atoms with Gasteiger partial charge < -0.3 is 14.8 Å². The number of nitro groups is 1. The van der Waals surface area contributed by atoms with E-state index in [1.807, 2.05) is 0 Å². The molecule has 1 amide bonds. The largest absolute Gasteiger partial charge is 0.497 e. The van der Waals surface area contributed by atoms with E-state index < -0.39 is 23.4 Å². The van der Waals surface area contributed by atoms with Crippen LogP contribution in [0, 0.1) is 35.3 Å². The van der Waals surface area contributed by atoms with Gasteiger partial charge in [0.1, 0.15) is 23.1 Å². The number of hydrogen-bond acceptors (Lipinski definition) is 7. The molecule has 30 heavy (non-hydrogen) atoms. The number of hydrogen-bond donors (Lipinski definition) is 1. The molecule has 2 rings (SSSR count). The second kappa shape index (κ2) is 9.84. The average Bonchev–Trinajstić information content (AvgIpc) is 2.72. The maximum absolute atomic E-state index is 12.1. The van der Waals surface area contributed by atoms with Crippen LogP contribution in [-0.2, 0) is 14.3 Å². The van der Waals surface area contributed by atoms with Gasteiger partial charge in [-0.1, -0.05) is 12.1 Å². The first-order chi connectivity index (χ1) is 14.2. The summed E-state index contributed by atoms with van der Waals surface area (Å²) in [6, 6.07) is 11.2. The Hall–Kier alpha value is -4.19. The van der Waals surface area contributed by atoms with Crippen LogP contribution in [0.25, 0.3) is 6.08 Å². The standard InChI is InChI=1S/C21H19N3O6/c1-13-7-18(19(24(27)28)8-14(13)2)23-20(25)12-30-21(26)16(11-22)9-15-5-4-6-17(10-15)29-3/h4-10H,12H2,1-3H3,(H,23,25)/b16-9+. The van der Waals surface area contributed by atoms with Gasteiger partial charge in [-0.15, -0.1) is 0 Å². The maximum atomic E-state index is 12.1. The fraction of sp³-hybridized carbons (Fsp3) is 0.190. The lowest BCUT2D eigenvalue weighted by Crippen LogP contribution is -2.22. The van der Waals surface area contributed by atoms with Crippen LogP contribution in [0.15, 0.2) is 42.0 Å². The van der Waals surface area contributed by atoms with E-state index in [0.29, 0.717) is 16.9 Å². The van der Waals surface area contributed by atoms with Crippen molar-refractivity contribution in [2.45, 2.75) is 13.8 Å². The van der Waals surface area contributed by atoms with Crippen molar-refractivity contribution in [3.63, 3.8) is 0 Å². The van der Waals surface area contributed by atoms with Crippen molar-refractivity contribution in [1.82, 2.24) is 0 Å². The van der Waals surface area contributed by atoms with Crippen LogP contribution >= 0.6 is 0 Å². The first-order valence-electron chi connectivity index (χ1n) is 8.73. The summed E-state index contributed by atoms with van der Waals surface area (Å²) in [5.74, 6) is -1.22. The van der Waals surface area contributed by atoms with Gasteiger partial charge >= 0.3 is 5.97 Å². The highest BCUT2D eigenvalue weighted by Crippen LogP contribution is 2.27. The number of nitrogens with zero attached hydrogens (tertiary/aromatic N) is 2. The molecule has 0 saturated carbocycles. The second-order valence-corrected chi connectivity index (χ2v) is 6.28. The number of nitro benzene ring substituents is 1. The molecule has 0 saturated heterocycles. The van der Waals surface area contributed by atoms with E-state index in [9.17, 15) is 25.0 Å². The average molecular weight is 409 g/mol. The zero-order chi connectivity index (χ0) is 22.3. The summed E-state index contributed by atoms with van der Waals surface area (Å²) in [6.45, 7) is 2.76. The monoisotopic (exact) mass is 409 g/mol. The Bertz CT molecular complexity index is 1070. The van der Waals surface area contributed by atoms with E-state index in [4.69, 9.17) is 9.47 Å². The minimum Gasteiger partial charge on any atom is -0.497 e. The number of rotatable bonds is 7. The Morgan fingerprint density at radius 1 is 1.23 bits per heavy atom. The number of anilines is 1. The van der Waals surface area contributed by atoms with Crippen LogP contribution in [0.5, 0.6) is 5.75 Å². The number of nitriles is 1. The second-order valence-electron chi connectivity index (χ2n) is 6.28. The molecule has 0 spiro atoms. The van der Waals surface area contributed by atoms with E-state index >= 15 is 0 Å². The van der Waals surface area contributed by atoms with Crippen molar-refractivity contribution in [2.24, 2.45) is 0 Å². The Morgan fingerprint density at radius 2 is 1.93 bits per heavy atom. The predicted octanol–water partition coefficient (Wildman–Crippen LogP) is 3.31. The highest BCUT2D eigenvalue weighted by atomic mass is 16.6. The number of methoxy groups -OCH3 is 1. The molecule has 0 atom stereocenters. The molecule has 1 N–H and O–H groups in total. The third kappa shape index (κ3) is 5.65. The number of aryl methyl sites for hydroxylation is 2. The zero-order valence-electron chi connectivity index (χ0n) is 16.6. The van der Waals surface area contributed by atoms with E-state index in [1.165, 1.54) is 25.3 Å². The summed E-state index contributed by atoms with van der Waals surface area (Å²) in [7, 11) is 1.49. The highest BCUT2D eigenvalue weighted by molar-refractivity contribution is 6.00. The SMILES string of the molecule is COc1cccc(/C=C(\C#N)C(=O)OCC(=O)Nc2cc(C)c(C)cc2[N+](=O)[O-])c1. The van der Waals surface area contributed by atoms with Gasteiger partial charge in [-0.25, -0.2) is 4.79 Å². The Morgan fingerprint density at radius 3 is 2.57 bits per heavy atom. The Labute approximate surface area is 172 Å². The van der Waals surface area contributed by atoms with Crippen molar-refractivity contribution in [2.75, 3.05) is 19.0 Å². The number of benzene rings is 2. The van der Waals surface area contributed by atoms with E-state index in [1.54, 1.807) is 44.2 Å². The third-order valence-electron chi connectivity index (χ3n) is 4.16. The van der Waals surface area contributed by atoms with E-state index in [0.717, 1.165) is 5.56 Å². The molecule has 0 heterocycles. The lowest BCUT2D eigenvalue weighted by Gasteiger charge is -2.09. The van der Waals surface area contributed by atoms with Gasteiger partial charge in [0.05, 0.1) is 12.0 Å². The van der Waals surface area contributed by atoms with Crippen LogP contribution in [0.4, 0.5) is 11.4 Å². The lowest BCUT2D eigenvalue weighted by molar-refractivity contribution is -0.384. The van der Waals surface area contributed by atoms with Crippen molar-refractivity contribution in [3.05, 3.63) is 68.8 Å². The van der Waals surface area contributed by atoms with Crippen molar-refractivity contribution >= 4 is 29.3 Å². The molecule has 9 nitrogen and oxygen atoms in total. The number of nitrogens with one attached hydrogen (secondary N) is 1. The molecule has 2 aromatic carbocycles. The molecule has 0 aliphatic carbocycles. The Balaban J connectivity index is 2.07. The molecule has 0 aromatic heterocycles. The maximum Gasteiger partial charge on any atom is 0.349 e. The molecule has 0 fully saturated rings. The normalized spacial score (nSPS) is 10.7. The van der Waals surface area contributed by atoms with E-state index in [-0.39, 0.29) is 16.9 Å². The van der Waals surface area contributed by atoms with Crippen LogP contribution in [0.1, 0.15) is 16.7 Å². The van der Waals surface area contributed by atoms with Gasteiger partial charge in [-0.3, -0.25) is 14.9 Å². The Kier molecular flexibility index (Phi) is 7.25. The van der Waals surface area contributed by atoms with Crippen LogP contribution < -0.4 is 10.1 Å². The van der Waals surface area contributed by atoms with Gasteiger partial charge in [0.25, 0.3) is 11.6 Å². The smallest absolute Gasteiger partial charge is 0.349 e. The molecule has 154 valence electrons. The van der Waals surface area contributed by atoms with Crippen molar-refractivity contribution < 1.29 is 24.0 Å². The molecular formula is C21H19N3O6. The molecule has 0 radical (unpaired) electrons. The highest BCUT2D eigenvalue weighted by Gasteiger charge is 2.19. The first-order valence-corrected chi connectivity index (χ1v) is 8.73. The van der Waals surface area contributed by atoms with Gasteiger partial charge in [0, 0.05) is 6.07 Å². The molecule has 9 heteroatoms. The zero-order valence-corrected chi connectivity index (χ0v) is 16.6. The van der Waals surface area contributed by atoms with E-state index in [2.05, 4.69) is 5.32 Å². The summed E-state index contributed by atoms with van der Waals surface area (Å²) in [5, 5.41) is 22.8. The van der Waals surface area contributed by atoms with Crippen LogP contribution in [-0.4, -0.2) is 30.5 Å². The number of amides is 1. The molecule has 0 unspecified atom stereocenters. The number of esters is 1. The minimum absolute atomic E-state index is 0.00317. The summed E-state index contributed by atoms with van der Waals surface area (Å²) in [4.78, 5) is 34.8. The predicted molar refractivity (Wildman–Crippen MR) is 109 cm³/mol. The fourth-order valence-electron chi connectivity index (χ4n) is 2.48. The van der Waals surface area contributed by atoms with Gasteiger partial charge in [-0.05, 0) is 54.8 Å². The van der Waals surface area contributed by atoms with Crippen molar-refractivity contribution in [3.8, 4) is 11.8 Å². The van der Waals surface area contributed by atoms with Gasteiger partial charge in [0.15, 0.2) is 6.61 Å². The number of carbonyl (C=O) groups is 2. The minimum atomic E-state index is -0.995. The molecule has 0 aliphatic heterocycles. The number of ether oxygens (including phenoxy) is 2. The number of carbonyl (C=O) groups excluding carboxylic acids is 2. The topological polar surface area (TPSA) is 132 Å². The van der Waals surface area contributed by atoms with Gasteiger partial charge in [0.2, 0.25) is 0 Å². The van der Waals surface area contributed by atoms with Gasteiger partial charge in [-0.2, -0.15) is 5.26 Å². The molecule has 2 aromatic rings. The summed E-state index contributed by atoms with van der Waals surface area (Å²) >= 11 is 0. The molecule has 0 aliphatic rings. The molecular weight excluding hydrogens is 390 g/mol.